The summed E-state index contributed by atoms with van der Waals surface area (Å²) in [6.45, 7) is 11.3. The number of ether oxygens (including phenoxy) is 1. The van der Waals surface area contributed by atoms with Gasteiger partial charge in [0.25, 0.3) is 0 Å². The van der Waals surface area contributed by atoms with Gasteiger partial charge in [-0.05, 0) is 31.1 Å². The van der Waals surface area contributed by atoms with Crippen LogP contribution in [0.4, 0.5) is 0 Å². The van der Waals surface area contributed by atoms with Gasteiger partial charge in [-0.15, -0.1) is 6.58 Å². The van der Waals surface area contributed by atoms with Crippen LogP contribution in [0.3, 0.4) is 0 Å². The minimum atomic E-state index is -1.76. The minimum Gasteiger partial charge on any atom is -0.460 e. The summed E-state index contributed by atoms with van der Waals surface area (Å²) in [4.78, 5) is 11.8. The molecule has 0 amide bonds. The van der Waals surface area contributed by atoms with Crippen molar-refractivity contribution in [3.8, 4) is 0 Å². The molecule has 1 saturated heterocycles. The fourth-order valence-electron chi connectivity index (χ4n) is 3.58. The molecule has 1 heterocycles. The zero-order valence-electron chi connectivity index (χ0n) is 11.6. The lowest BCUT2D eigenvalue weighted by atomic mass is 9.59. The van der Waals surface area contributed by atoms with E-state index in [1.807, 2.05) is 13.0 Å². The number of aliphatic hydroxyl groups excluding tert-OH is 1. The molecule has 0 unspecified atom stereocenters. The molecule has 5 atom stereocenters. The third-order valence-electron chi connectivity index (χ3n) is 4.90. The Morgan fingerprint density at radius 2 is 2.26 bits per heavy atom. The molecule has 0 spiro atoms. The Morgan fingerprint density at radius 1 is 1.63 bits per heavy atom. The maximum absolute atomic E-state index is 11.8. The van der Waals surface area contributed by atoms with Crippen molar-refractivity contribution in [1.82, 2.24) is 0 Å². The van der Waals surface area contributed by atoms with Crippen molar-refractivity contribution in [1.29, 1.82) is 0 Å². The Morgan fingerprint density at radius 3 is 2.74 bits per heavy atom. The number of rotatable bonds is 3. The number of fused-ring (bicyclic) bond motifs is 1. The zero-order chi connectivity index (χ0) is 14.4. The summed E-state index contributed by atoms with van der Waals surface area (Å²) in [5.74, 6) is -0.961. The second-order valence-corrected chi connectivity index (χ2v) is 6.18. The lowest BCUT2D eigenvalue weighted by molar-refractivity contribution is -0.159. The van der Waals surface area contributed by atoms with E-state index < -0.39 is 18.2 Å². The van der Waals surface area contributed by atoms with E-state index in [1.54, 1.807) is 0 Å². The first kappa shape index (κ1) is 14.3. The number of carbonyl (C=O) groups is 1. The standard InChI is InChI=1S/C15H22O4/c1-5-14(4)7-12-11(6-10(14)9(2)3)15(18,8-16)13(17)19-12/h5,10-12,16,18H,1-2,6-8H2,3-4H3/t10-,11+,12+,14-,15-/m1/s1. The monoisotopic (exact) mass is 266 g/mol. The highest BCUT2D eigenvalue weighted by Crippen LogP contribution is 2.53. The predicted octanol–water partition coefficient (Wildman–Crippen LogP) is 1.43. The summed E-state index contributed by atoms with van der Waals surface area (Å²) >= 11 is 0. The normalized spacial score (nSPS) is 45.5. The number of allylic oxidation sites excluding steroid dienone is 2. The lowest BCUT2D eigenvalue weighted by Crippen LogP contribution is -2.50. The van der Waals surface area contributed by atoms with Crippen molar-refractivity contribution in [3.05, 3.63) is 24.8 Å². The van der Waals surface area contributed by atoms with Gasteiger partial charge in [-0.3, -0.25) is 0 Å². The molecule has 1 aliphatic heterocycles. The van der Waals surface area contributed by atoms with E-state index in [0.29, 0.717) is 12.8 Å². The van der Waals surface area contributed by atoms with E-state index in [-0.39, 0.29) is 23.4 Å². The van der Waals surface area contributed by atoms with E-state index >= 15 is 0 Å². The summed E-state index contributed by atoms with van der Waals surface area (Å²) in [5.41, 5.74) is -0.963. The van der Waals surface area contributed by atoms with Crippen LogP contribution in [0.2, 0.25) is 0 Å². The number of hydrogen-bond donors (Lipinski definition) is 2. The van der Waals surface area contributed by atoms with Crippen LogP contribution in [0.5, 0.6) is 0 Å². The van der Waals surface area contributed by atoms with Crippen molar-refractivity contribution in [3.63, 3.8) is 0 Å². The van der Waals surface area contributed by atoms with Crippen LogP contribution in [0.25, 0.3) is 0 Å². The van der Waals surface area contributed by atoms with Crippen molar-refractivity contribution in [2.24, 2.45) is 17.3 Å². The fraction of sp³-hybridized carbons (Fsp3) is 0.667. The van der Waals surface area contributed by atoms with Gasteiger partial charge in [-0.25, -0.2) is 4.79 Å². The van der Waals surface area contributed by atoms with Gasteiger partial charge in [0.2, 0.25) is 0 Å². The smallest absolute Gasteiger partial charge is 0.341 e. The number of carbonyl (C=O) groups excluding carboxylic acids is 1. The second kappa shape index (κ2) is 4.46. The predicted molar refractivity (Wildman–Crippen MR) is 71.2 cm³/mol. The quantitative estimate of drug-likeness (QED) is 0.599. The number of aliphatic hydroxyl groups is 2. The van der Waals surface area contributed by atoms with Crippen LogP contribution in [0.1, 0.15) is 26.7 Å². The van der Waals surface area contributed by atoms with Gasteiger partial charge in [0.1, 0.15) is 6.10 Å². The molecular weight excluding hydrogens is 244 g/mol. The highest BCUT2D eigenvalue weighted by Gasteiger charge is 2.61. The van der Waals surface area contributed by atoms with Crippen LogP contribution >= 0.6 is 0 Å². The van der Waals surface area contributed by atoms with Gasteiger partial charge in [0.15, 0.2) is 5.60 Å². The molecule has 2 aliphatic rings. The molecule has 1 aliphatic carbocycles. The molecule has 19 heavy (non-hydrogen) atoms. The zero-order valence-corrected chi connectivity index (χ0v) is 11.6. The van der Waals surface area contributed by atoms with Crippen LogP contribution in [-0.4, -0.2) is 34.5 Å². The Balaban J connectivity index is 2.36. The molecule has 106 valence electrons. The van der Waals surface area contributed by atoms with Crippen molar-refractivity contribution < 1.29 is 19.7 Å². The SMILES string of the molecule is C=C[C@]1(C)C[C@@H]2OC(=O)[C@@](O)(CO)[C@H]2C[C@@H]1C(=C)C. The Hall–Kier alpha value is -1.13. The third kappa shape index (κ3) is 1.94. The molecule has 1 saturated carbocycles. The first-order valence-corrected chi connectivity index (χ1v) is 6.62. The first-order valence-electron chi connectivity index (χ1n) is 6.62. The molecule has 0 bridgehead atoms. The van der Waals surface area contributed by atoms with Crippen LogP contribution in [0, 0.1) is 17.3 Å². The van der Waals surface area contributed by atoms with Gasteiger partial charge in [0, 0.05) is 5.92 Å². The topological polar surface area (TPSA) is 66.8 Å². The summed E-state index contributed by atoms with van der Waals surface area (Å²) in [6.07, 6.45) is 2.70. The van der Waals surface area contributed by atoms with E-state index in [4.69, 9.17) is 4.74 Å². The summed E-state index contributed by atoms with van der Waals surface area (Å²) in [7, 11) is 0. The maximum atomic E-state index is 11.8. The first-order chi connectivity index (χ1) is 8.78. The van der Waals surface area contributed by atoms with E-state index in [1.165, 1.54) is 0 Å². The highest BCUT2D eigenvalue weighted by molar-refractivity contribution is 5.82. The molecule has 4 nitrogen and oxygen atoms in total. The average molecular weight is 266 g/mol. The lowest BCUT2D eigenvalue weighted by Gasteiger charge is -2.45. The molecular formula is C15H22O4. The Bertz CT molecular complexity index is 430. The average Bonchev–Trinajstić information content (AvgIpc) is 2.60. The second-order valence-electron chi connectivity index (χ2n) is 6.18. The maximum Gasteiger partial charge on any atom is 0.341 e. The summed E-state index contributed by atoms with van der Waals surface area (Å²) in [6, 6.07) is 0. The molecule has 2 fully saturated rings. The molecule has 2 rings (SSSR count). The summed E-state index contributed by atoms with van der Waals surface area (Å²) < 4.78 is 5.27. The summed E-state index contributed by atoms with van der Waals surface area (Å²) in [5, 5.41) is 19.7. The fourth-order valence-corrected chi connectivity index (χ4v) is 3.58. The minimum absolute atomic E-state index is 0.124. The molecule has 4 heteroatoms. The van der Waals surface area contributed by atoms with Gasteiger partial charge in [0.05, 0.1) is 6.61 Å². The Kier molecular flexibility index (Phi) is 3.35. The molecule has 0 aromatic carbocycles. The molecule has 0 aromatic rings. The molecule has 2 N–H and O–H groups in total. The van der Waals surface area contributed by atoms with Gasteiger partial charge in [-0.2, -0.15) is 0 Å². The van der Waals surface area contributed by atoms with Crippen LogP contribution in [0.15, 0.2) is 24.8 Å². The van der Waals surface area contributed by atoms with Crippen LogP contribution < -0.4 is 0 Å². The number of esters is 1. The van der Waals surface area contributed by atoms with Gasteiger partial charge in [-0.1, -0.05) is 25.2 Å². The van der Waals surface area contributed by atoms with Crippen LogP contribution in [-0.2, 0) is 9.53 Å². The van der Waals surface area contributed by atoms with E-state index in [9.17, 15) is 15.0 Å². The third-order valence-corrected chi connectivity index (χ3v) is 4.90. The van der Waals surface area contributed by atoms with Crippen molar-refractivity contribution >= 4 is 5.97 Å². The molecule has 0 aromatic heterocycles. The largest absolute Gasteiger partial charge is 0.460 e. The molecule has 0 radical (unpaired) electrons. The van der Waals surface area contributed by atoms with Crippen molar-refractivity contribution in [2.45, 2.75) is 38.4 Å². The van der Waals surface area contributed by atoms with E-state index in [0.717, 1.165) is 5.57 Å². The van der Waals surface area contributed by atoms with Crippen molar-refractivity contribution in [2.75, 3.05) is 6.61 Å². The van der Waals surface area contributed by atoms with Gasteiger partial charge >= 0.3 is 5.97 Å². The van der Waals surface area contributed by atoms with Gasteiger partial charge < -0.3 is 14.9 Å². The van der Waals surface area contributed by atoms with E-state index in [2.05, 4.69) is 20.1 Å². The number of hydrogen-bond acceptors (Lipinski definition) is 4. The highest BCUT2D eigenvalue weighted by atomic mass is 16.6. The Labute approximate surface area is 113 Å².